The molecular weight excluding hydrogens is 239 g/mol. The molecule has 2 N–H and O–H groups in total. The van der Waals surface area contributed by atoms with E-state index in [0.717, 1.165) is 18.4 Å². The maximum Gasteiger partial charge on any atom is 0.127 e. The standard InChI is InChI=1S/C16H25FN2/c1-15(2)9-13(10-16(3,4)19-15)18-11-12-7-5-6-8-14(12)17/h5-8,13,18-19H,9-11H2,1-4H3. The Bertz CT molecular complexity index is 424. The Morgan fingerprint density at radius 1 is 1.16 bits per heavy atom. The van der Waals surface area contributed by atoms with E-state index >= 15 is 0 Å². The van der Waals surface area contributed by atoms with Gasteiger partial charge in [-0.2, -0.15) is 0 Å². The minimum atomic E-state index is -0.123. The Kier molecular flexibility index (Phi) is 3.98. The molecule has 19 heavy (non-hydrogen) atoms. The SMILES string of the molecule is CC1(C)CC(NCc2ccccc2F)CC(C)(C)N1. The molecule has 0 aromatic heterocycles. The van der Waals surface area contributed by atoms with Crippen LogP contribution in [-0.2, 0) is 6.54 Å². The smallest absolute Gasteiger partial charge is 0.127 e. The second-order valence-electron chi connectivity index (χ2n) is 6.97. The second kappa shape index (κ2) is 5.22. The van der Waals surface area contributed by atoms with Crippen LogP contribution in [0.1, 0.15) is 46.1 Å². The van der Waals surface area contributed by atoms with E-state index in [0.29, 0.717) is 12.6 Å². The molecule has 2 nitrogen and oxygen atoms in total. The van der Waals surface area contributed by atoms with Crippen molar-refractivity contribution in [1.82, 2.24) is 10.6 Å². The minimum Gasteiger partial charge on any atom is -0.310 e. The molecule has 0 aliphatic carbocycles. The molecule has 1 fully saturated rings. The average molecular weight is 264 g/mol. The highest BCUT2D eigenvalue weighted by molar-refractivity contribution is 5.17. The van der Waals surface area contributed by atoms with Gasteiger partial charge in [-0.05, 0) is 46.6 Å². The molecule has 1 heterocycles. The minimum absolute atomic E-state index is 0.120. The molecule has 0 amide bonds. The fraction of sp³-hybridized carbons (Fsp3) is 0.625. The molecule has 2 rings (SSSR count). The number of hydrogen-bond acceptors (Lipinski definition) is 2. The van der Waals surface area contributed by atoms with Crippen LogP contribution in [0.5, 0.6) is 0 Å². The fourth-order valence-corrected chi connectivity index (χ4v) is 3.36. The molecule has 1 aromatic carbocycles. The lowest BCUT2D eigenvalue weighted by Crippen LogP contribution is -2.61. The second-order valence-corrected chi connectivity index (χ2v) is 6.97. The lowest BCUT2D eigenvalue weighted by molar-refractivity contribution is 0.145. The molecule has 1 aliphatic rings. The van der Waals surface area contributed by atoms with Crippen molar-refractivity contribution < 1.29 is 4.39 Å². The Morgan fingerprint density at radius 3 is 2.32 bits per heavy atom. The van der Waals surface area contributed by atoms with Crippen molar-refractivity contribution >= 4 is 0 Å². The van der Waals surface area contributed by atoms with E-state index in [4.69, 9.17) is 0 Å². The maximum absolute atomic E-state index is 13.6. The first kappa shape index (κ1) is 14.5. The molecule has 106 valence electrons. The van der Waals surface area contributed by atoms with E-state index in [1.807, 2.05) is 12.1 Å². The molecule has 1 aliphatic heterocycles. The quantitative estimate of drug-likeness (QED) is 0.876. The maximum atomic E-state index is 13.6. The highest BCUT2D eigenvalue weighted by Gasteiger charge is 2.37. The van der Waals surface area contributed by atoms with E-state index in [9.17, 15) is 4.39 Å². The zero-order valence-corrected chi connectivity index (χ0v) is 12.4. The summed E-state index contributed by atoms with van der Waals surface area (Å²) >= 11 is 0. The van der Waals surface area contributed by atoms with E-state index in [-0.39, 0.29) is 16.9 Å². The van der Waals surface area contributed by atoms with E-state index in [2.05, 4.69) is 38.3 Å². The predicted molar refractivity (Wildman–Crippen MR) is 77.6 cm³/mol. The summed E-state index contributed by atoms with van der Waals surface area (Å²) in [6.07, 6.45) is 2.12. The lowest BCUT2D eigenvalue weighted by atomic mass is 9.79. The van der Waals surface area contributed by atoms with Gasteiger partial charge >= 0.3 is 0 Å². The van der Waals surface area contributed by atoms with Crippen molar-refractivity contribution in [2.75, 3.05) is 0 Å². The molecule has 0 radical (unpaired) electrons. The van der Waals surface area contributed by atoms with Gasteiger partial charge in [-0.25, -0.2) is 4.39 Å². The summed E-state index contributed by atoms with van der Waals surface area (Å²) < 4.78 is 13.6. The van der Waals surface area contributed by atoms with Gasteiger partial charge < -0.3 is 10.6 Å². The third-order valence-corrected chi connectivity index (χ3v) is 3.73. The predicted octanol–water partition coefficient (Wildman–Crippen LogP) is 3.22. The van der Waals surface area contributed by atoms with Crippen LogP contribution in [0.15, 0.2) is 24.3 Å². The van der Waals surface area contributed by atoms with Gasteiger partial charge in [-0.1, -0.05) is 18.2 Å². The van der Waals surface area contributed by atoms with Crippen molar-refractivity contribution in [2.45, 2.75) is 64.2 Å². The number of halogens is 1. The molecule has 0 bridgehead atoms. The van der Waals surface area contributed by atoms with Crippen LogP contribution < -0.4 is 10.6 Å². The van der Waals surface area contributed by atoms with Gasteiger partial charge in [-0.15, -0.1) is 0 Å². The van der Waals surface area contributed by atoms with Crippen LogP contribution in [0.3, 0.4) is 0 Å². The Balaban J connectivity index is 1.98. The Labute approximate surface area is 115 Å². The number of benzene rings is 1. The van der Waals surface area contributed by atoms with Crippen LogP contribution in [0.2, 0.25) is 0 Å². The highest BCUT2D eigenvalue weighted by atomic mass is 19.1. The summed E-state index contributed by atoms with van der Waals surface area (Å²) in [6, 6.07) is 7.41. The van der Waals surface area contributed by atoms with Crippen LogP contribution in [0.4, 0.5) is 4.39 Å². The molecule has 1 saturated heterocycles. The third-order valence-electron chi connectivity index (χ3n) is 3.73. The van der Waals surface area contributed by atoms with Crippen LogP contribution >= 0.6 is 0 Å². The number of hydrogen-bond donors (Lipinski definition) is 2. The van der Waals surface area contributed by atoms with Crippen molar-refractivity contribution in [3.63, 3.8) is 0 Å². The van der Waals surface area contributed by atoms with Crippen LogP contribution in [0.25, 0.3) is 0 Å². The first-order valence-electron chi connectivity index (χ1n) is 7.04. The van der Waals surface area contributed by atoms with Crippen molar-refractivity contribution in [3.05, 3.63) is 35.6 Å². The Morgan fingerprint density at radius 2 is 1.74 bits per heavy atom. The van der Waals surface area contributed by atoms with Gasteiger partial charge in [0.25, 0.3) is 0 Å². The fourth-order valence-electron chi connectivity index (χ4n) is 3.36. The van der Waals surface area contributed by atoms with Crippen molar-refractivity contribution in [3.8, 4) is 0 Å². The zero-order chi connectivity index (χ0) is 14.1. The summed E-state index contributed by atoms with van der Waals surface area (Å²) in [6.45, 7) is 9.51. The molecule has 0 atom stereocenters. The first-order valence-corrected chi connectivity index (χ1v) is 7.04. The average Bonchev–Trinajstić information content (AvgIpc) is 2.23. The molecular formula is C16H25FN2. The topological polar surface area (TPSA) is 24.1 Å². The first-order chi connectivity index (χ1) is 8.77. The summed E-state index contributed by atoms with van der Waals surface area (Å²) in [7, 11) is 0. The van der Waals surface area contributed by atoms with Gasteiger partial charge in [0.2, 0.25) is 0 Å². The summed E-state index contributed by atoms with van der Waals surface area (Å²) in [5.74, 6) is -0.123. The van der Waals surface area contributed by atoms with Crippen LogP contribution in [-0.4, -0.2) is 17.1 Å². The lowest BCUT2D eigenvalue weighted by Gasteiger charge is -2.46. The summed E-state index contributed by atoms with van der Waals surface area (Å²) in [5.41, 5.74) is 0.986. The third kappa shape index (κ3) is 4.02. The van der Waals surface area contributed by atoms with Crippen LogP contribution in [0, 0.1) is 5.82 Å². The summed E-state index contributed by atoms with van der Waals surface area (Å²) in [5, 5.41) is 7.17. The highest BCUT2D eigenvalue weighted by Crippen LogP contribution is 2.28. The van der Waals surface area contributed by atoms with E-state index in [1.54, 1.807) is 6.07 Å². The number of nitrogens with one attached hydrogen (secondary N) is 2. The molecule has 0 saturated carbocycles. The van der Waals surface area contributed by atoms with Gasteiger partial charge in [0.1, 0.15) is 5.82 Å². The summed E-state index contributed by atoms with van der Waals surface area (Å²) in [4.78, 5) is 0. The molecule has 0 unspecified atom stereocenters. The number of rotatable bonds is 3. The number of piperidine rings is 1. The van der Waals surface area contributed by atoms with Crippen molar-refractivity contribution in [2.24, 2.45) is 0 Å². The van der Waals surface area contributed by atoms with E-state index < -0.39 is 0 Å². The molecule has 3 heteroatoms. The molecule has 0 spiro atoms. The van der Waals surface area contributed by atoms with Crippen molar-refractivity contribution in [1.29, 1.82) is 0 Å². The Hall–Kier alpha value is -0.930. The largest absolute Gasteiger partial charge is 0.310 e. The van der Waals surface area contributed by atoms with Gasteiger partial charge in [-0.3, -0.25) is 0 Å². The molecule has 1 aromatic rings. The normalized spacial score (nSPS) is 22.4. The van der Waals surface area contributed by atoms with E-state index in [1.165, 1.54) is 6.07 Å². The zero-order valence-electron chi connectivity index (χ0n) is 12.4. The van der Waals surface area contributed by atoms with Gasteiger partial charge in [0.05, 0.1) is 0 Å². The monoisotopic (exact) mass is 264 g/mol. The van der Waals surface area contributed by atoms with Gasteiger partial charge in [0, 0.05) is 29.2 Å². The van der Waals surface area contributed by atoms with Gasteiger partial charge in [0.15, 0.2) is 0 Å².